The van der Waals surface area contributed by atoms with Gasteiger partial charge in [-0.3, -0.25) is 0 Å². The number of benzene rings is 8. The maximum Gasteiger partial charge on any atom is 0.164 e. The summed E-state index contributed by atoms with van der Waals surface area (Å²) in [5.41, 5.74) is 12.1. The fourth-order valence-corrected chi connectivity index (χ4v) is 8.03. The number of nitrogens with zero attached hydrogens (tertiary/aromatic N) is 4. The SMILES string of the molecule is c1ccc(-c2cccc(-c3nc(-c4ccccc4)nc(-c4cc(-c5ccc6c(c5)c5ccccc5n6-c5ccccc5)c5c(c4)oc4ccccc45)n3)c2)cc1. The summed E-state index contributed by atoms with van der Waals surface area (Å²) in [5, 5.41) is 4.50. The predicted octanol–water partition coefficient (Wildman–Crippen LogP) is 13.2. The zero-order valence-corrected chi connectivity index (χ0v) is 30.2. The van der Waals surface area contributed by atoms with Crippen molar-refractivity contribution in [2.45, 2.75) is 0 Å². The second-order valence-electron chi connectivity index (χ2n) is 14.0. The van der Waals surface area contributed by atoms with Gasteiger partial charge in [0.05, 0.1) is 11.0 Å². The molecule has 0 atom stereocenters. The fraction of sp³-hybridized carbons (Fsp3) is 0. The Labute approximate surface area is 322 Å². The summed E-state index contributed by atoms with van der Waals surface area (Å²) in [5.74, 6) is 1.79. The molecule has 0 aliphatic rings. The molecule has 0 N–H and O–H groups in total. The third kappa shape index (κ3) is 5.37. The van der Waals surface area contributed by atoms with E-state index in [1.54, 1.807) is 0 Å². The highest BCUT2D eigenvalue weighted by atomic mass is 16.3. The van der Waals surface area contributed by atoms with Gasteiger partial charge in [-0.05, 0) is 76.9 Å². The topological polar surface area (TPSA) is 56.7 Å². The van der Waals surface area contributed by atoms with Crippen LogP contribution >= 0.6 is 0 Å². The first-order valence-corrected chi connectivity index (χ1v) is 18.8. The van der Waals surface area contributed by atoms with Crippen molar-refractivity contribution < 1.29 is 4.42 Å². The van der Waals surface area contributed by atoms with Crippen LogP contribution < -0.4 is 0 Å². The molecule has 0 fully saturated rings. The quantitative estimate of drug-likeness (QED) is 0.172. The molecule has 8 aromatic carbocycles. The van der Waals surface area contributed by atoms with E-state index in [0.717, 1.165) is 72.1 Å². The molecule has 262 valence electrons. The largest absolute Gasteiger partial charge is 0.456 e. The first-order valence-electron chi connectivity index (χ1n) is 18.8. The molecule has 0 bridgehead atoms. The highest BCUT2D eigenvalue weighted by Crippen LogP contribution is 2.42. The van der Waals surface area contributed by atoms with Crippen molar-refractivity contribution in [2.24, 2.45) is 0 Å². The third-order valence-corrected chi connectivity index (χ3v) is 10.6. The molecule has 5 heteroatoms. The minimum Gasteiger partial charge on any atom is -0.456 e. The van der Waals surface area contributed by atoms with Gasteiger partial charge in [0.2, 0.25) is 0 Å². The van der Waals surface area contributed by atoms with Gasteiger partial charge in [0.1, 0.15) is 11.2 Å². The third-order valence-electron chi connectivity index (χ3n) is 10.6. The molecule has 0 amide bonds. The Morgan fingerprint density at radius 1 is 0.339 bits per heavy atom. The smallest absolute Gasteiger partial charge is 0.164 e. The Bertz CT molecular complexity index is 3240. The molecular weight excluding hydrogens is 685 g/mol. The molecule has 0 saturated heterocycles. The van der Waals surface area contributed by atoms with Crippen LogP contribution in [0.15, 0.2) is 199 Å². The monoisotopic (exact) mass is 716 g/mol. The van der Waals surface area contributed by atoms with Crippen LogP contribution in [0.5, 0.6) is 0 Å². The normalized spacial score (nSPS) is 11.6. The van der Waals surface area contributed by atoms with Gasteiger partial charge < -0.3 is 8.98 Å². The Balaban J connectivity index is 1.15. The lowest BCUT2D eigenvalue weighted by molar-refractivity contribution is 0.669. The van der Waals surface area contributed by atoms with E-state index in [4.69, 9.17) is 19.4 Å². The van der Waals surface area contributed by atoms with Crippen molar-refractivity contribution in [3.05, 3.63) is 194 Å². The average Bonchev–Trinajstić information content (AvgIpc) is 3.82. The van der Waals surface area contributed by atoms with E-state index < -0.39 is 0 Å². The maximum absolute atomic E-state index is 6.62. The Kier molecular flexibility index (Phi) is 7.42. The van der Waals surface area contributed by atoms with E-state index in [1.807, 2.05) is 48.5 Å². The zero-order chi connectivity index (χ0) is 37.0. The number of hydrogen-bond acceptors (Lipinski definition) is 4. The van der Waals surface area contributed by atoms with Crippen molar-refractivity contribution in [2.75, 3.05) is 0 Å². The summed E-state index contributed by atoms with van der Waals surface area (Å²) in [6.45, 7) is 0. The lowest BCUT2D eigenvalue weighted by Crippen LogP contribution is -2.00. The van der Waals surface area contributed by atoms with E-state index in [0.29, 0.717) is 17.5 Å². The molecule has 3 heterocycles. The molecule has 11 aromatic rings. The lowest BCUT2D eigenvalue weighted by Gasteiger charge is -2.12. The lowest BCUT2D eigenvalue weighted by atomic mass is 9.95. The van der Waals surface area contributed by atoms with E-state index in [1.165, 1.54) is 16.3 Å². The molecule has 0 saturated carbocycles. The summed E-state index contributed by atoms with van der Waals surface area (Å²) < 4.78 is 8.96. The molecule has 56 heavy (non-hydrogen) atoms. The van der Waals surface area contributed by atoms with Gasteiger partial charge >= 0.3 is 0 Å². The van der Waals surface area contributed by atoms with Crippen molar-refractivity contribution >= 4 is 43.7 Å². The van der Waals surface area contributed by atoms with Crippen molar-refractivity contribution in [1.82, 2.24) is 19.5 Å². The fourth-order valence-electron chi connectivity index (χ4n) is 8.03. The Hall–Kier alpha value is -7.63. The van der Waals surface area contributed by atoms with E-state index in [-0.39, 0.29) is 0 Å². The molecule has 0 aliphatic carbocycles. The van der Waals surface area contributed by atoms with Crippen LogP contribution in [0.3, 0.4) is 0 Å². The van der Waals surface area contributed by atoms with E-state index in [2.05, 4.69) is 150 Å². The summed E-state index contributed by atoms with van der Waals surface area (Å²) >= 11 is 0. The number of aromatic nitrogens is 4. The molecule has 0 unspecified atom stereocenters. The van der Waals surface area contributed by atoms with Crippen LogP contribution in [0, 0.1) is 0 Å². The summed E-state index contributed by atoms with van der Waals surface area (Å²) in [6.07, 6.45) is 0. The van der Waals surface area contributed by atoms with Crippen LogP contribution in [0.25, 0.3) is 106 Å². The number of furan rings is 1. The molecule has 0 aliphatic heterocycles. The first-order chi connectivity index (χ1) is 27.7. The van der Waals surface area contributed by atoms with Crippen molar-refractivity contribution in [1.29, 1.82) is 0 Å². The summed E-state index contributed by atoms with van der Waals surface area (Å²) in [4.78, 5) is 15.4. The van der Waals surface area contributed by atoms with Gasteiger partial charge in [-0.25, -0.2) is 15.0 Å². The maximum atomic E-state index is 6.62. The van der Waals surface area contributed by atoms with Gasteiger partial charge in [0, 0.05) is 43.9 Å². The highest BCUT2D eigenvalue weighted by molar-refractivity contribution is 6.16. The number of fused-ring (bicyclic) bond motifs is 6. The Morgan fingerprint density at radius 3 is 1.71 bits per heavy atom. The van der Waals surface area contributed by atoms with Crippen LogP contribution in [0.4, 0.5) is 0 Å². The first kappa shape index (κ1) is 31.9. The van der Waals surface area contributed by atoms with Gasteiger partial charge in [-0.2, -0.15) is 0 Å². The molecule has 3 aromatic heterocycles. The highest BCUT2D eigenvalue weighted by Gasteiger charge is 2.20. The molecule has 11 rings (SSSR count). The predicted molar refractivity (Wildman–Crippen MR) is 229 cm³/mol. The zero-order valence-electron chi connectivity index (χ0n) is 30.2. The van der Waals surface area contributed by atoms with Gasteiger partial charge in [0.25, 0.3) is 0 Å². The minimum absolute atomic E-state index is 0.573. The number of hydrogen-bond donors (Lipinski definition) is 0. The van der Waals surface area contributed by atoms with E-state index in [9.17, 15) is 0 Å². The average molecular weight is 717 g/mol. The van der Waals surface area contributed by atoms with Crippen molar-refractivity contribution in [3.8, 4) is 62.1 Å². The minimum atomic E-state index is 0.573. The molecule has 0 spiro atoms. The molecule has 5 nitrogen and oxygen atoms in total. The number of para-hydroxylation sites is 3. The van der Waals surface area contributed by atoms with Crippen molar-refractivity contribution in [3.63, 3.8) is 0 Å². The second-order valence-corrected chi connectivity index (χ2v) is 14.0. The standard InChI is InChI=1S/C51H32N4O/c1-4-15-33(16-5-1)35-19-14-20-37(29-35)50-52-49(34-17-6-2-7-18-34)53-51(54-50)38-31-42(48-41-24-11-13-26-46(41)56-47(48)32-38)36-27-28-45-43(30-36)40-23-10-12-25-44(40)55(45)39-21-8-3-9-22-39/h1-32H. The van der Waals surface area contributed by atoms with Gasteiger partial charge in [-0.15, -0.1) is 0 Å². The summed E-state index contributed by atoms with van der Waals surface area (Å²) in [7, 11) is 0. The van der Waals surface area contributed by atoms with Crippen LogP contribution in [0.2, 0.25) is 0 Å². The second kappa shape index (κ2) is 13.0. The summed E-state index contributed by atoms with van der Waals surface area (Å²) in [6, 6.07) is 67.4. The van der Waals surface area contributed by atoms with E-state index >= 15 is 0 Å². The molecular formula is C51H32N4O. The molecule has 0 radical (unpaired) electrons. The Morgan fingerprint density at radius 2 is 0.929 bits per heavy atom. The number of rotatable bonds is 6. The van der Waals surface area contributed by atoms with Gasteiger partial charge in [0.15, 0.2) is 17.5 Å². The van der Waals surface area contributed by atoms with Crippen LogP contribution in [-0.4, -0.2) is 19.5 Å². The van der Waals surface area contributed by atoms with Crippen LogP contribution in [-0.2, 0) is 0 Å². The van der Waals surface area contributed by atoms with Crippen LogP contribution in [0.1, 0.15) is 0 Å². The van der Waals surface area contributed by atoms with Gasteiger partial charge in [-0.1, -0.05) is 140 Å².